The van der Waals surface area contributed by atoms with Crippen LogP contribution in [0.5, 0.6) is 5.75 Å². The van der Waals surface area contributed by atoms with Gasteiger partial charge in [0.05, 0.1) is 12.8 Å². The summed E-state index contributed by atoms with van der Waals surface area (Å²) < 4.78 is 5.78. The second-order valence-corrected chi connectivity index (χ2v) is 4.60. The van der Waals surface area contributed by atoms with Crippen molar-refractivity contribution in [2.24, 2.45) is 5.92 Å². The molecule has 0 aliphatic carbocycles. The summed E-state index contributed by atoms with van der Waals surface area (Å²) >= 11 is 0. The molecule has 1 aromatic heterocycles. The molecule has 0 amide bonds. The van der Waals surface area contributed by atoms with Gasteiger partial charge in [-0.05, 0) is 18.4 Å². The van der Waals surface area contributed by atoms with Crippen LogP contribution in [0.2, 0.25) is 0 Å². The van der Waals surface area contributed by atoms with Crippen molar-refractivity contribution in [3.05, 3.63) is 24.0 Å². The summed E-state index contributed by atoms with van der Waals surface area (Å²) in [5.41, 5.74) is 0.771. The van der Waals surface area contributed by atoms with Crippen LogP contribution < -0.4 is 4.74 Å². The Hall–Kier alpha value is -1.53. The molecule has 0 saturated carbocycles. The Morgan fingerprint density at radius 2 is 2.21 bits per heavy atom. The fraction of sp³-hybridized carbons (Fsp3) is 0.562. The SMILES string of the molecule is CCCCC(CC)COc1cncc(C#CCO)c1. The van der Waals surface area contributed by atoms with E-state index < -0.39 is 0 Å². The molecule has 1 aromatic rings. The molecule has 3 nitrogen and oxygen atoms in total. The van der Waals surface area contributed by atoms with Gasteiger partial charge in [-0.25, -0.2) is 0 Å². The van der Waals surface area contributed by atoms with Crippen LogP contribution >= 0.6 is 0 Å². The Bertz CT molecular complexity index is 420. The third-order valence-corrected chi connectivity index (χ3v) is 3.05. The quantitative estimate of drug-likeness (QED) is 0.767. The normalized spacial score (nSPS) is 11.5. The van der Waals surface area contributed by atoms with Gasteiger partial charge < -0.3 is 9.84 Å². The minimum absolute atomic E-state index is 0.139. The zero-order valence-electron chi connectivity index (χ0n) is 11.9. The molecule has 0 fully saturated rings. The third kappa shape index (κ3) is 6.26. The molecule has 0 aliphatic heterocycles. The summed E-state index contributed by atoms with van der Waals surface area (Å²) in [6.45, 7) is 5.00. The molecule has 19 heavy (non-hydrogen) atoms. The summed E-state index contributed by atoms with van der Waals surface area (Å²) in [5, 5.41) is 8.66. The van der Waals surface area contributed by atoms with Gasteiger partial charge in [0.2, 0.25) is 0 Å². The first-order valence-corrected chi connectivity index (χ1v) is 6.97. The van der Waals surface area contributed by atoms with Crippen molar-refractivity contribution < 1.29 is 9.84 Å². The number of aromatic nitrogens is 1. The van der Waals surface area contributed by atoms with E-state index in [1.807, 2.05) is 6.07 Å². The predicted molar refractivity (Wildman–Crippen MR) is 77.0 cm³/mol. The maximum absolute atomic E-state index is 8.66. The number of aliphatic hydroxyl groups is 1. The fourth-order valence-corrected chi connectivity index (χ4v) is 1.82. The van der Waals surface area contributed by atoms with Gasteiger partial charge in [0.25, 0.3) is 0 Å². The lowest BCUT2D eigenvalue weighted by Crippen LogP contribution is -2.11. The van der Waals surface area contributed by atoms with Crippen molar-refractivity contribution in [1.29, 1.82) is 0 Å². The molecule has 0 bridgehead atoms. The Kier molecular flexibility index (Phi) is 7.69. The zero-order chi connectivity index (χ0) is 13.9. The molecule has 0 aliphatic rings. The molecule has 1 unspecified atom stereocenters. The number of hydrogen-bond acceptors (Lipinski definition) is 3. The first-order valence-electron chi connectivity index (χ1n) is 6.97. The molecule has 0 radical (unpaired) electrons. The number of rotatable bonds is 7. The maximum atomic E-state index is 8.66. The van der Waals surface area contributed by atoms with E-state index in [1.54, 1.807) is 12.4 Å². The number of ether oxygens (including phenoxy) is 1. The van der Waals surface area contributed by atoms with E-state index in [9.17, 15) is 0 Å². The summed E-state index contributed by atoms with van der Waals surface area (Å²) in [4.78, 5) is 4.09. The van der Waals surface area contributed by atoms with Crippen LogP contribution in [-0.4, -0.2) is 23.3 Å². The van der Waals surface area contributed by atoms with Gasteiger partial charge in [0.1, 0.15) is 12.4 Å². The van der Waals surface area contributed by atoms with Crippen molar-refractivity contribution in [1.82, 2.24) is 4.98 Å². The standard InChI is InChI=1S/C16H23NO2/c1-3-5-7-14(4-2)13-19-16-10-15(8-6-9-18)11-17-12-16/h10-12,14,18H,3-5,7,9,13H2,1-2H3. The summed E-state index contributed by atoms with van der Waals surface area (Å²) in [7, 11) is 0. The molecular formula is C16H23NO2. The van der Waals surface area contributed by atoms with Gasteiger partial charge in [-0.3, -0.25) is 4.98 Å². The van der Waals surface area contributed by atoms with E-state index in [0.29, 0.717) is 5.92 Å². The third-order valence-electron chi connectivity index (χ3n) is 3.05. The van der Waals surface area contributed by atoms with Crippen LogP contribution in [0.1, 0.15) is 45.1 Å². The lowest BCUT2D eigenvalue weighted by atomic mass is 10.0. The average molecular weight is 261 g/mol. The van der Waals surface area contributed by atoms with Crippen LogP contribution in [0, 0.1) is 17.8 Å². The van der Waals surface area contributed by atoms with Gasteiger partial charge in [0, 0.05) is 11.8 Å². The van der Waals surface area contributed by atoms with E-state index in [2.05, 4.69) is 30.7 Å². The molecule has 3 heteroatoms. The Morgan fingerprint density at radius 1 is 1.37 bits per heavy atom. The highest BCUT2D eigenvalue weighted by Crippen LogP contribution is 2.16. The van der Waals surface area contributed by atoms with Crippen LogP contribution in [0.25, 0.3) is 0 Å². The number of unbranched alkanes of at least 4 members (excludes halogenated alkanes) is 1. The number of hydrogen-bond donors (Lipinski definition) is 1. The Balaban J connectivity index is 2.52. The highest BCUT2D eigenvalue weighted by Gasteiger charge is 2.07. The molecule has 1 rings (SSSR count). The molecule has 1 atom stereocenters. The minimum Gasteiger partial charge on any atom is -0.492 e. The lowest BCUT2D eigenvalue weighted by molar-refractivity contribution is 0.232. The Morgan fingerprint density at radius 3 is 2.89 bits per heavy atom. The van der Waals surface area contributed by atoms with E-state index in [4.69, 9.17) is 9.84 Å². The molecule has 0 spiro atoms. The second kappa shape index (κ2) is 9.41. The molecule has 0 saturated heterocycles. The van der Waals surface area contributed by atoms with Crippen molar-refractivity contribution in [3.8, 4) is 17.6 Å². The molecule has 1 heterocycles. The smallest absolute Gasteiger partial charge is 0.138 e. The maximum Gasteiger partial charge on any atom is 0.138 e. The van der Waals surface area contributed by atoms with E-state index in [0.717, 1.165) is 24.3 Å². The van der Waals surface area contributed by atoms with Crippen molar-refractivity contribution in [2.75, 3.05) is 13.2 Å². The molecule has 1 N–H and O–H groups in total. The van der Waals surface area contributed by atoms with Gasteiger partial charge >= 0.3 is 0 Å². The zero-order valence-corrected chi connectivity index (χ0v) is 11.9. The monoisotopic (exact) mass is 261 g/mol. The number of nitrogens with zero attached hydrogens (tertiary/aromatic N) is 1. The minimum atomic E-state index is -0.139. The first kappa shape index (κ1) is 15.5. The summed E-state index contributed by atoms with van der Waals surface area (Å²) in [6.07, 6.45) is 8.20. The van der Waals surface area contributed by atoms with Crippen LogP contribution in [0.3, 0.4) is 0 Å². The van der Waals surface area contributed by atoms with Gasteiger partial charge in [-0.2, -0.15) is 0 Å². The predicted octanol–water partition coefficient (Wildman–Crippen LogP) is 3.02. The van der Waals surface area contributed by atoms with Gasteiger partial charge in [0.15, 0.2) is 0 Å². The highest BCUT2D eigenvalue weighted by atomic mass is 16.5. The van der Waals surface area contributed by atoms with E-state index in [1.165, 1.54) is 19.3 Å². The van der Waals surface area contributed by atoms with Crippen LogP contribution in [0.4, 0.5) is 0 Å². The van der Waals surface area contributed by atoms with E-state index in [-0.39, 0.29) is 6.61 Å². The van der Waals surface area contributed by atoms with Crippen molar-refractivity contribution in [3.63, 3.8) is 0 Å². The molecular weight excluding hydrogens is 238 g/mol. The van der Waals surface area contributed by atoms with E-state index >= 15 is 0 Å². The van der Waals surface area contributed by atoms with Crippen molar-refractivity contribution >= 4 is 0 Å². The van der Waals surface area contributed by atoms with Gasteiger partial charge in [-0.1, -0.05) is 45.0 Å². The lowest BCUT2D eigenvalue weighted by Gasteiger charge is -2.15. The molecule has 0 aromatic carbocycles. The summed E-state index contributed by atoms with van der Waals surface area (Å²) in [6, 6.07) is 1.86. The van der Waals surface area contributed by atoms with Crippen LogP contribution in [0.15, 0.2) is 18.5 Å². The largest absolute Gasteiger partial charge is 0.492 e. The second-order valence-electron chi connectivity index (χ2n) is 4.60. The average Bonchev–Trinajstić information content (AvgIpc) is 2.46. The van der Waals surface area contributed by atoms with Gasteiger partial charge in [-0.15, -0.1) is 0 Å². The summed E-state index contributed by atoms with van der Waals surface area (Å²) in [5.74, 6) is 6.79. The van der Waals surface area contributed by atoms with Crippen molar-refractivity contribution in [2.45, 2.75) is 39.5 Å². The number of pyridine rings is 1. The number of aliphatic hydroxyl groups excluding tert-OH is 1. The topological polar surface area (TPSA) is 42.4 Å². The Labute approximate surface area is 116 Å². The molecule has 104 valence electrons. The fourth-order valence-electron chi connectivity index (χ4n) is 1.82. The first-order chi connectivity index (χ1) is 9.30. The van der Waals surface area contributed by atoms with Crippen LogP contribution in [-0.2, 0) is 0 Å². The highest BCUT2D eigenvalue weighted by molar-refractivity contribution is 5.36.